The van der Waals surface area contributed by atoms with Crippen molar-refractivity contribution in [2.45, 2.75) is 0 Å². The Morgan fingerprint density at radius 3 is 1.85 bits per heavy atom. The standard InChI is InChI=1S/C43H28N2O/c1-3-11-30(12-4-1)43-44-41-26-21-32-27-35(24-25-37(32)42(41)46-43)45(33-14-5-2-6-15-33)34-22-19-29(20-23-34)40-28-31-13-7-8-16-36(31)38-17-9-10-18-39(38)40/h1-28H. The maximum absolute atomic E-state index is 6.32. The molecule has 9 aromatic rings. The first-order valence-corrected chi connectivity index (χ1v) is 15.5. The molecule has 0 atom stereocenters. The van der Waals surface area contributed by atoms with E-state index >= 15 is 0 Å². The minimum absolute atomic E-state index is 0.636. The molecule has 0 aliphatic carbocycles. The molecule has 0 saturated heterocycles. The first-order valence-electron chi connectivity index (χ1n) is 15.5. The van der Waals surface area contributed by atoms with Crippen LogP contribution in [0.25, 0.3) is 66.0 Å². The lowest BCUT2D eigenvalue weighted by Crippen LogP contribution is -2.09. The number of oxazole rings is 1. The Morgan fingerprint density at radius 1 is 0.413 bits per heavy atom. The molecule has 3 nitrogen and oxygen atoms in total. The highest BCUT2D eigenvalue weighted by atomic mass is 16.3. The summed E-state index contributed by atoms with van der Waals surface area (Å²) in [5.41, 5.74) is 8.33. The van der Waals surface area contributed by atoms with Gasteiger partial charge in [0.15, 0.2) is 5.58 Å². The maximum atomic E-state index is 6.32. The highest BCUT2D eigenvalue weighted by molar-refractivity contribution is 6.13. The van der Waals surface area contributed by atoms with E-state index in [1.165, 1.54) is 32.7 Å². The summed E-state index contributed by atoms with van der Waals surface area (Å²) in [6.45, 7) is 0. The summed E-state index contributed by atoms with van der Waals surface area (Å²) in [6, 6.07) is 59.9. The lowest BCUT2D eigenvalue weighted by molar-refractivity contribution is 0.623. The minimum Gasteiger partial charge on any atom is -0.435 e. The Kier molecular flexibility index (Phi) is 6.14. The highest BCUT2D eigenvalue weighted by Gasteiger charge is 2.16. The Bertz CT molecular complexity index is 2520. The molecule has 0 bridgehead atoms. The van der Waals surface area contributed by atoms with Crippen LogP contribution >= 0.6 is 0 Å². The Labute approximate surface area is 266 Å². The van der Waals surface area contributed by atoms with E-state index in [0.717, 1.165) is 44.5 Å². The van der Waals surface area contributed by atoms with Crippen LogP contribution < -0.4 is 4.90 Å². The van der Waals surface area contributed by atoms with E-state index in [2.05, 4.69) is 138 Å². The smallest absolute Gasteiger partial charge is 0.227 e. The molecule has 0 fully saturated rings. The van der Waals surface area contributed by atoms with Gasteiger partial charge in [0.25, 0.3) is 0 Å². The van der Waals surface area contributed by atoms with Crippen LogP contribution in [-0.4, -0.2) is 4.98 Å². The number of nitrogens with zero attached hydrogens (tertiary/aromatic N) is 2. The zero-order valence-electron chi connectivity index (χ0n) is 25.0. The van der Waals surface area contributed by atoms with Crippen molar-refractivity contribution in [3.8, 4) is 22.6 Å². The molecule has 0 aliphatic heterocycles. The normalized spacial score (nSPS) is 11.5. The Morgan fingerprint density at radius 2 is 1.04 bits per heavy atom. The molecule has 9 rings (SSSR count). The van der Waals surface area contributed by atoms with Gasteiger partial charge >= 0.3 is 0 Å². The van der Waals surface area contributed by atoms with Gasteiger partial charge in [-0.3, -0.25) is 0 Å². The van der Waals surface area contributed by atoms with Crippen LogP contribution in [-0.2, 0) is 0 Å². The van der Waals surface area contributed by atoms with Crippen LogP contribution in [0.4, 0.5) is 17.1 Å². The van der Waals surface area contributed by atoms with Crippen LogP contribution in [0.5, 0.6) is 0 Å². The van der Waals surface area contributed by atoms with Crippen LogP contribution in [0.1, 0.15) is 0 Å². The molecule has 0 saturated carbocycles. The Balaban J connectivity index is 1.15. The molecule has 0 unspecified atom stereocenters. The van der Waals surface area contributed by atoms with Crippen LogP contribution in [0.3, 0.4) is 0 Å². The zero-order valence-corrected chi connectivity index (χ0v) is 25.0. The third kappa shape index (κ3) is 4.41. The fourth-order valence-corrected chi connectivity index (χ4v) is 6.65. The number of anilines is 3. The van der Waals surface area contributed by atoms with Gasteiger partial charge in [-0.25, -0.2) is 4.98 Å². The fraction of sp³-hybridized carbons (Fsp3) is 0. The van der Waals surface area contributed by atoms with Crippen molar-refractivity contribution in [3.63, 3.8) is 0 Å². The van der Waals surface area contributed by atoms with Gasteiger partial charge in [0.1, 0.15) is 5.52 Å². The lowest BCUT2D eigenvalue weighted by atomic mass is 9.93. The van der Waals surface area contributed by atoms with Crippen molar-refractivity contribution in [1.29, 1.82) is 0 Å². The van der Waals surface area contributed by atoms with E-state index in [9.17, 15) is 0 Å². The summed E-state index contributed by atoms with van der Waals surface area (Å²) >= 11 is 0. The third-order valence-corrected chi connectivity index (χ3v) is 8.85. The molecule has 46 heavy (non-hydrogen) atoms. The second kappa shape index (κ2) is 10.8. The quantitative estimate of drug-likeness (QED) is 0.187. The molecular weight excluding hydrogens is 560 g/mol. The minimum atomic E-state index is 0.636. The first kappa shape index (κ1) is 26.2. The number of fused-ring (bicyclic) bond motifs is 6. The molecule has 3 heteroatoms. The summed E-state index contributed by atoms with van der Waals surface area (Å²) in [6.07, 6.45) is 0. The molecule has 0 spiro atoms. The predicted octanol–water partition coefficient (Wildman–Crippen LogP) is 12.1. The van der Waals surface area contributed by atoms with E-state index < -0.39 is 0 Å². The highest BCUT2D eigenvalue weighted by Crippen LogP contribution is 2.40. The van der Waals surface area contributed by atoms with E-state index in [-0.39, 0.29) is 0 Å². The predicted molar refractivity (Wildman–Crippen MR) is 192 cm³/mol. The van der Waals surface area contributed by atoms with Gasteiger partial charge in [0.05, 0.1) is 0 Å². The largest absolute Gasteiger partial charge is 0.435 e. The van der Waals surface area contributed by atoms with Crippen LogP contribution in [0, 0.1) is 0 Å². The number of para-hydroxylation sites is 1. The average Bonchev–Trinajstić information content (AvgIpc) is 3.58. The molecule has 0 N–H and O–H groups in total. The number of rotatable bonds is 5. The summed E-state index contributed by atoms with van der Waals surface area (Å²) in [5, 5.41) is 7.21. The van der Waals surface area contributed by atoms with E-state index in [1.54, 1.807) is 0 Å². The topological polar surface area (TPSA) is 29.3 Å². The first-order chi connectivity index (χ1) is 22.8. The van der Waals surface area contributed by atoms with Crippen molar-refractivity contribution in [1.82, 2.24) is 4.98 Å². The molecule has 0 aliphatic rings. The van der Waals surface area contributed by atoms with Gasteiger partial charge < -0.3 is 9.32 Å². The number of aromatic nitrogens is 1. The molecule has 0 radical (unpaired) electrons. The zero-order chi connectivity index (χ0) is 30.5. The van der Waals surface area contributed by atoms with Crippen molar-refractivity contribution in [2.75, 3.05) is 4.90 Å². The summed E-state index contributed by atoms with van der Waals surface area (Å²) in [4.78, 5) is 7.08. The van der Waals surface area contributed by atoms with Gasteiger partial charge in [-0.2, -0.15) is 0 Å². The average molecular weight is 589 g/mol. The summed E-state index contributed by atoms with van der Waals surface area (Å²) in [5.74, 6) is 0.636. The third-order valence-electron chi connectivity index (χ3n) is 8.85. The number of benzene rings is 8. The van der Waals surface area contributed by atoms with Crippen molar-refractivity contribution >= 4 is 60.5 Å². The van der Waals surface area contributed by atoms with E-state index in [4.69, 9.17) is 9.40 Å². The molecule has 1 aromatic heterocycles. The van der Waals surface area contributed by atoms with Gasteiger partial charge in [-0.15, -0.1) is 0 Å². The van der Waals surface area contributed by atoms with Crippen LogP contribution in [0.2, 0.25) is 0 Å². The van der Waals surface area contributed by atoms with Gasteiger partial charge in [0, 0.05) is 28.0 Å². The van der Waals surface area contributed by atoms with Crippen molar-refractivity contribution in [3.05, 3.63) is 170 Å². The van der Waals surface area contributed by atoms with Gasteiger partial charge in [-0.1, -0.05) is 103 Å². The second-order valence-electron chi connectivity index (χ2n) is 11.6. The molecular formula is C43H28N2O. The molecule has 0 amide bonds. The summed E-state index contributed by atoms with van der Waals surface area (Å²) in [7, 11) is 0. The number of hydrogen-bond acceptors (Lipinski definition) is 3. The maximum Gasteiger partial charge on any atom is 0.227 e. The lowest BCUT2D eigenvalue weighted by Gasteiger charge is -2.26. The van der Waals surface area contributed by atoms with Crippen molar-refractivity contribution in [2.24, 2.45) is 0 Å². The SMILES string of the molecule is c1ccc(-c2nc3ccc4cc(N(c5ccccc5)c5ccc(-c6cc7ccccc7c7ccccc67)cc5)ccc4c3o2)cc1. The molecule has 1 heterocycles. The Hall–Kier alpha value is -6.19. The van der Waals surface area contributed by atoms with E-state index in [1.807, 2.05) is 36.4 Å². The van der Waals surface area contributed by atoms with Gasteiger partial charge in [0.2, 0.25) is 5.89 Å². The second-order valence-corrected chi connectivity index (χ2v) is 11.6. The van der Waals surface area contributed by atoms with Crippen molar-refractivity contribution < 1.29 is 4.42 Å². The molecule has 216 valence electrons. The summed E-state index contributed by atoms with van der Waals surface area (Å²) < 4.78 is 6.32. The van der Waals surface area contributed by atoms with E-state index in [0.29, 0.717) is 5.89 Å². The van der Waals surface area contributed by atoms with Crippen LogP contribution in [0.15, 0.2) is 174 Å². The monoisotopic (exact) mass is 588 g/mol. The number of hydrogen-bond donors (Lipinski definition) is 0. The van der Waals surface area contributed by atoms with Gasteiger partial charge in [-0.05, 0) is 105 Å². The molecule has 8 aromatic carbocycles. The fourth-order valence-electron chi connectivity index (χ4n) is 6.65.